The van der Waals surface area contributed by atoms with Gasteiger partial charge >= 0.3 is 0 Å². The van der Waals surface area contributed by atoms with E-state index in [-0.39, 0.29) is 5.91 Å². The van der Waals surface area contributed by atoms with Gasteiger partial charge in [-0.1, -0.05) is 85.4 Å². The van der Waals surface area contributed by atoms with Gasteiger partial charge in [0.25, 0.3) is 5.91 Å². The van der Waals surface area contributed by atoms with Crippen LogP contribution in [0.3, 0.4) is 0 Å². The number of benzene rings is 2. The summed E-state index contributed by atoms with van der Waals surface area (Å²) in [4.78, 5) is 15.3. The minimum Gasteiger partial charge on any atom is -0.293 e. The quantitative estimate of drug-likeness (QED) is 0.361. The first-order chi connectivity index (χ1) is 14.6. The van der Waals surface area contributed by atoms with Crippen molar-refractivity contribution in [3.8, 4) is 16.9 Å². The summed E-state index contributed by atoms with van der Waals surface area (Å²) >= 11 is 6.82. The Morgan fingerprint density at radius 1 is 1.10 bits per heavy atom. The Morgan fingerprint density at radius 2 is 1.83 bits per heavy atom. The number of rotatable bonds is 6. The molecular weight excluding hydrogens is 410 g/mol. The maximum absolute atomic E-state index is 12.9. The summed E-state index contributed by atoms with van der Waals surface area (Å²) in [5, 5.41) is 4.84. The monoisotopic (exact) mass is 433 g/mol. The number of thiocarbonyl (C=S) groups is 1. The van der Waals surface area contributed by atoms with Crippen molar-refractivity contribution in [3.05, 3.63) is 76.8 Å². The molecule has 1 amide bonds. The van der Waals surface area contributed by atoms with E-state index in [0.717, 1.165) is 35.3 Å². The fourth-order valence-corrected chi connectivity index (χ4v) is 4.59. The molecular formula is C24H23N3OS2. The van der Waals surface area contributed by atoms with Gasteiger partial charge in [0.2, 0.25) is 0 Å². The van der Waals surface area contributed by atoms with Gasteiger partial charge in [-0.25, -0.2) is 4.68 Å². The van der Waals surface area contributed by atoms with Crippen molar-refractivity contribution in [2.24, 2.45) is 0 Å². The van der Waals surface area contributed by atoms with Gasteiger partial charge in [-0.15, -0.1) is 0 Å². The van der Waals surface area contributed by atoms with Crippen LogP contribution in [0.15, 0.2) is 65.7 Å². The van der Waals surface area contributed by atoms with Crippen molar-refractivity contribution in [1.29, 1.82) is 0 Å². The SMILES string of the molecule is CCCCN1C(=O)/C(=C/c2cn(-c3ccccc3)nc2-c2ccc(C)cc2)SC1=S. The highest BCUT2D eigenvalue weighted by molar-refractivity contribution is 8.26. The minimum absolute atomic E-state index is 0.0132. The van der Waals surface area contributed by atoms with Crippen LogP contribution in [-0.4, -0.2) is 31.5 Å². The first kappa shape index (κ1) is 20.6. The van der Waals surface area contributed by atoms with Gasteiger partial charge in [0.1, 0.15) is 4.32 Å². The van der Waals surface area contributed by atoms with Crippen molar-refractivity contribution >= 4 is 40.3 Å². The van der Waals surface area contributed by atoms with Crippen LogP contribution in [0.4, 0.5) is 0 Å². The van der Waals surface area contributed by atoms with Crippen LogP contribution >= 0.6 is 24.0 Å². The normalized spacial score (nSPS) is 15.4. The summed E-state index contributed by atoms with van der Waals surface area (Å²) in [7, 11) is 0. The number of amides is 1. The zero-order chi connectivity index (χ0) is 21.1. The Morgan fingerprint density at radius 3 is 2.53 bits per heavy atom. The number of aromatic nitrogens is 2. The third kappa shape index (κ3) is 4.25. The van der Waals surface area contributed by atoms with Gasteiger partial charge in [0.15, 0.2) is 0 Å². The number of para-hydroxylation sites is 1. The van der Waals surface area contributed by atoms with E-state index >= 15 is 0 Å². The molecule has 3 aromatic rings. The Balaban J connectivity index is 1.76. The maximum Gasteiger partial charge on any atom is 0.266 e. The number of aryl methyl sites for hydroxylation is 1. The number of thioether (sulfide) groups is 1. The second-order valence-corrected chi connectivity index (χ2v) is 8.94. The molecule has 4 rings (SSSR count). The molecule has 0 bridgehead atoms. The Kier molecular flexibility index (Phi) is 6.16. The third-order valence-corrected chi connectivity index (χ3v) is 6.36. The summed E-state index contributed by atoms with van der Waals surface area (Å²) in [6, 6.07) is 18.3. The number of nitrogens with zero attached hydrogens (tertiary/aromatic N) is 3. The molecule has 0 spiro atoms. The average molecular weight is 434 g/mol. The second kappa shape index (κ2) is 8.98. The smallest absolute Gasteiger partial charge is 0.266 e. The molecule has 4 nitrogen and oxygen atoms in total. The van der Waals surface area contributed by atoms with Crippen LogP contribution in [0.1, 0.15) is 30.9 Å². The molecule has 0 N–H and O–H groups in total. The van der Waals surface area contributed by atoms with Crippen LogP contribution in [-0.2, 0) is 4.79 Å². The predicted octanol–water partition coefficient (Wildman–Crippen LogP) is 5.85. The van der Waals surface area contributed by atoms with E-state index < -0.39 is 0 Å². The molecule has 1 saturated heterocycles. The Labute approximate surface area is 186 Å². The zero-order valence-electron chi connectivity index (χ0n) is 17.0. The van der Waals surface area contributed by atoms with Crippen molar-refractivity contribution < 1.29 is 4.79 Å². The van der Waals surface area contributed by atoms with E-state index in [0.29, 0.717) is 15.8 Å². The highest BCUT2D eigenvalue weighted by atomic mass is 32.2. The summed E-state index contributed by atoms with van der Waals surface area (Å²) in [5.74, 6) is -0.0132. The Bertz CT molecular complexity index is 1100. The van der Waals surface area contributed by atoms with Gasteiger partial charge in [-0.2, -0.15) is 5.10 Å². The summed E-state index contributed by atoms with van der Waals surface area (Å²) in [6.07, 6.45) is 5.87. The first-order valence-corrected chi connectivity index (χ1v) is 11.3. The zero-order valence-corrected chi connectivity index (χ0v) is 18.7. The van der Waals surface area contributed by atoms with Crippen molar-refractivity contribution in [3.63, 3.8) is 0 Å². The molecule has 0 aliphatic carbocycles. The molecule has 1 fully saturated rings. The topological polar surface area (TPSA) is 38.1 Å². The maximum atomic E-state index is 12.9. The molecule has 30 heavy (non-hydrogen) atoms. The number of hydrogen-bond donors (Lipinski definition) is 0. The summed E-state index contributed by atoms with van der Waals surface area (Å²) in [6.45, 7) is 4.85. The highest BCUT2D eigenvalue weighted by Crippen LogP contribution is 2.35. The predicted molar refractivity (Wildman–Crippen MR) is 129 cm³/mol. The third-order valence-electron chi connectivity index (χ3n) is 4.98. The van der Waals surface area contributed by atoms with E-state index in [9.17, 15) is 4.79 Å². The lowest BCUT2D eigenvalue weighted by atomic mass is 10.1. The lowest BCUT2D eigenvalue weighted by molar-refractivity contribution is -0.122. The number of carbonyl (C=O) groups excluding carboxylic acids is 1. The molecule has 1 aromatic heterocycles. The van der Waals surface area contributed by atoms with Gasteiger partial charge in [-0.3, -0.25) is 9.69 Å². The van der Waals surface area contributed by atoms with Crippen LogP contribution in [0.25, 0.3) is 23.0 Å². The number of carbonyl (C=O) groups is 1. The molecule has 0 saturated carbocycles. The van der Waals surface area contributed by atoms with Crippen LogP contribution < -0.4 is 0 Å². The fraction of sp³-hybridized carbons (Fsp3) is 0.208. The van der Waals surface area contributed by atoms with E-state index in [1.807, 2.05) is 47.3 Å². The molecule has 2 heterocycles. The minimum atomic E-state index is -0.0132. The summed E-state index contributed by atoms with van der Waals surface area (Å²) < 4.78 is 2.49. The number of unbranched alkanes of at least 4 members (excludes halogenated alkanes) is 1. The molecule has 0 atom stereocenters. The average Bonchev–Trinajstić information content (AvgIpc) is 3.29. The Hall–Kier alpha value is -2.70. The van der Waals surface area contributed by atoms with Crippen molar-refractivity contribution in [2.75, 3.05) is 6.54 Å². The molecule has 0 unspecified atom stereocenters. The molecule has 0 radical (unpaired) electrons. The highest BCUT2D eigenvalue weighted by Gasteiger charge is 2.31. The van der Waals surface area contributed by atoms with Gasteiger partial charge < -0.3 is 0 Å². The van der Waals surface area contributed by atoms with Gasteiger partial charge in [-0.05, 0) is 31.6 Å². The molecule has 1 aliphatic rings. The molecule has 152 valence electrons. The number of hydrogen-bond acceptors (Lipinski definition) is 4. The molecule has 1 aliphatic heterocycles. The molecule has 6 heteroatoms. The van der Waals surface area contributed by atoms with Crippen molar-refractivity contribution in [1.82, 2.24) is 14.7 Å². The van der Waals surface area contributed by atoms with Crippen LogP contribution in [0, 0.1) is 6.92 Å². The fourth-order valence-electron chi connectivity index (χ4n) is 3.29. The lowest BCUT2D eigenvalue weighted by Gasteiger charge is -2.12. The standard InChI is InChI=1S/C24H23N3OS2/c1-3-4-14-26-23(28)21(30-24(26)29)15-19-16-27(20-8-6-5-7-9-20)25-22(19)18-12-10-17(2)11-13-18/h5-13,15-16H,3-4,14H2,1-2H3/b21-15-. The van der Waals surface area contributed by atoms with E-state index in [1.54, 1.807) is 4.90 Å². The van der Waals surface area contributed by atoms with E-state index in [1.165, 1.54) is 17.3 Å². The van der Waals surface area contributed by atoms with Crippen molar-refractivity contribution in [2.45, 2.75) is 26.7 Å². The van der Waals surface area contributed by atoms with Crippen LogP contribution in [0.5, 0.6) is 0 Å². The molecule has 2 aromatic carbocycles. The summed E-state index contributed by atoms with van der Waals surface area (Å²) in [5.41, 5.74) is 4.93. The van der Waals surface area contributed by atoms with Gasteiger partial charge in [0, 0.05) is 23.9 Å². The second-order valence-electron chi connectivity index (χ2n) is 7.27. The largest absolute Gasteiger partial charge is 0.293 e. The first-order valence-electron chi connectivity index (χ1n) is 10.0. The van der Waals surface area contributed by atoms with E-state index in [2.05, 4.69) is 38.1 Å². The van der Waals surface area contributed by atoms with E-state index in [4.69, 9.17) is 17.3 Å². The van der Waals surface area contributed by atoms with Gasteiger partial charge in [0.05, 0.1) is 16.3 Å². The lowest BCUT2D eigenvalue weighted by Crippen LogP contribution is -2.28. The van der Waals surface area contributed by atoms with Crippen LogP contribution in [0.2, 0.25) is 0 Å².